The quantitative estimate of drug-likeness (QED) is 0.748. The summed E-state index contributed by atoms with van der Waals surface area (Å²) in [6.07, 6.45) is 6.68. The van der Waals surface area contributed by atoms with Gasteiger partial charge in [-0.15, -0.1) is 0 Å². The van der Waals surface area contributed by atoms with Crippen LogP contribution in [0.25, 0.3) is 0 Å². The first kappa shape index (κ1) is 17.5. The Bertz CT molecular complexity index is 878. The summed E-state index contributed by atoms with van der Waals surface area (Å²) in [4.78, 5) is 17.3. The molecule has 1 aliphatic carbocycles. The van der Waals surface area contributed by atoms with Crippen LogP contribution in [0.3, 0.4) is 0 Å². The molecule has 138 valence electrons. The SMILES string of the molecule is Cc1cncn1C1CCC(C(C(N)=O)(c2ccccc2)c2ccccc2)C1. The Labute approximate surface area is 160 Å². The summed E-state index contributed by atoms with van der Waals surface area (Å²) in [6.45, 7) is 2.08. The summed E-state index contributed by atoms with van der Waals surface area (Å²) in [5, 5.41) is 0. The molecule has 1 heterocycles. The van der Waals surface area contributed by atoms with Gasteiger partial charge in [-0.3, -0.25) is 4.79 Å². The van der Waals surface area contributed by atoms with Crippen LogP contribution in [0.2, 0.25) is 0 Å². The van der Waals surface area contributed by atoms with Crippen LogP contribution in [-0.4, -0.2) is 15.5 Å². The zero-order chi connectivity index (χ0) is 18.9. The third-order valence-corrected chi connectivity index (χ3v) is 6.12. The second-order valence-corrected chi connectivity index (χ2v) is 7.51. The van der Waals surface area contributed by atoms with Crippen molar-refractivity contribution in [3.05, 3.63) is 90.0 Å². The van der Waals surface area contributed by atoms with Crippen LogP contribution in [0.5, 0.6) is 0 Å². The molecule has 1 saturated carbocycles. The maximum atomic E-state index is 13.1. The molecule has 0 radical (unpaired) electrons. The zero-order valence-corrected chi connectivity index (χ0v) is 15.6. The van der Waals surface area contributed by atoms with Crippen LogP contribution in [0, 0.1) is 12.8 Å². The monoisotopic (exact) mass is 359 g/mol. The number of hydrogen-bond donors (Lipinski definition) is 1. The number of nitrogens with zero attached hydrogens (tertiary/aromatic N) is 2. The van der Waals surface area contributed by atoms with E-state index in [0.717, 1.165) is 36.1 Å². The third-order valence-electron chi connectivity index (χ3n) is 6.12. The fraction of sp³-hybridized carbons (Fsp3) is 0.304. The molecule has 0 saturated heterocycles. The maximum Gasteiger partial charge on any atom is 0.232 e. The van der Waals surface area contributed by atoms with E-state index in [1.807, 2.05) is 73.2 Å². The van der Waals surface area contributed by atoms with Gasteiger partial charge in [-0.2, -0.15) is 0 Å². The highest BCUT2D eigenvalue weighted by molar-refractivity contribution is 5.91. The van der Waals surface area contributed by atoms with Gasteiger partial charge in [-0.1, -0.05) is 60.7 Å². The van der Waals surface area contributed by atoms with E-state index in [1.54, 1.807) is 0 Å². The Balaban J connectivity index is 1.82. The molecule has 0 bridgehead atoms. The van der Waals surface area contributed by atoms with Gasteiger partial charge in [0.2, 0.25) is 5.91 Å². The van der Waals surface area contributed by atoms with Gasteiger partial charge in [0.1, 0.15) is 5.41 Å². The van der Waals surface area contributed by atoms with Crippen LogP contribution >= 0.6 is 0 Å². The first-order valence-corrected chi connectivity index (χ1v) is 9.53. The Morgan fingerprint density at radius 3 is 2.11 bits per heavy atom. The van der Waals surface area contributed by atoms with E-state index in [4.69, 9.17) is 5.73 Å². The van der Waals surface area contributed by atoms with E-state index in [9.17, 15) is 4.79 Å². The number of rotatable bonds is 5. The van der Waals surface area contributed by atoms with Crippen LogP contribution in [0.1, 0.15) is 42.1 Å². The lowest BCUT2D eigenvalue weighted by Gasteiger charge is -2.37. The smallest absolute Gasteiger partial charge is 0.232 e. The average Bonchev–Trinajstić information content (AvgIpc) is 3.33. The number of aromatic nitrogens is 2. The molecule has 1 amide bonds. The lowest BCUT2D eigenvalue weighted by atomic mass is 9.64. The normalized spacial score (nSPS) is 19.9. The summed E-state index contributed by atoms with van der Waals surface area (Å²) < 4.78 is 2.24. The van der Waals surface area contributed by atoms with Crippen LogP contribution in [0.15, 0.2) is 73.2 Å². The number of hydrogen-bond acceptors (Lipinski definition) is 2. The number of benzene rings is 2. The van der Waals surface area contributed by atoms with Gasteiger partial charge in [0.15, 0.2) is 0 Å². The molecule has 2 aromatic carbocycles. The van der Waals surface area contributed by atoms with Crippen molar-refractivity contribution in [3.8, 4) is 0 Å². The number of primary amides is 1. The molecular formula is C23H25N3O. The van der Waals surface area contributed by atoms with Crippen molar-refractivity contribution >= 4 is 5.91 Å². The Morgan fingerprint density at radius 2 is 1.63 bits per heavy atom. The van der Waals surface area contributed by atoms with Gasteiger partial charge < -0.3 is 10.3 Å². The molecule has 1 aliphatic rings. The molecule has 4 rings (SSSR count). The standard InChI is InChI=1S/C23H25N3O/c1-17-15-25-16-26(17)21-13-12-20(14-21)23(22(24)27,18-8-4-2-5-9-18)19-10-6-3-7-11-19/h2-11,15-16,20-21H,12-14H2,1H3,(H2,24,27). The Hall–Kier alpha value is -2.88. The fourth-order valence-electron chi connectivity index (χ4n) is 4.88. The highest BCUT2D eigenvalue weighted by Crippen LogP contribution is 2.49. The number of nitrogens with two attached hydrogens (primary N) is 1. The van der Waals surface area contributed by atoms with Crippen molar-refractivity contribution in [1.82, 2.24) is 9.55 Å². The van der Waals surface area contributed by atoms with Gasteiger partial charge in [0, 0.05) is 17.9 Å². The molecule has 3 aromatic rings. The van der Waals surface area contributed by atoms with Crippen molar-refractivity contribution in [2.75, 3.05) is 0 Å². The molecule has 4 heteroatoms. The van der Waals surface area contributed by atoms with Crippen molar-refractivity contribution in [2.24, 2.45) is 11.7 Å². The lowest BCUT2D eigenvalue weighted by molar-refractivity contribution is -0.123. The second-order valence-electron chi connectivity index (χ2n) is 7.51. The largest absolute Gasteiger partial charge is 0.369 e. The van der Waals surface area contributed by atoms with Crippen molar-refractivity contribution in [2.45, 2.75) is 37.6 Å². The molecular weight excluding hydrogens is 334 g/mol. The minimum absolute atomic E-state index is 0.145. The molecule has 0 spiro atoms. The molecule has 1 aromatic heterocycles. The molecule has 1 fully saturated rings. The third kappa shape index (κ3) is 2.85. The molecule has 2 atom stereocenters. The zero-order valence-electron chi connectivity index (χ0n) is 15.6. The number of imidazole rings is 1. The van der Waals surface area contributed by atoms with E-state index < -0.39 is 5.41 Å². The summed E-state index contributed by atoms with van der Waals surface area (Å²) >= 11 is 0. The lowest BCUT2D eigenvalue weighted by Crippen LogP contribution is -2.47. The highest BCUT2D eigenvalue weighted by Gasteiger charge is 2.50. The molecule has 2 unspecified atom stereocenters. The van der Waals surface area contributed by atoms with Gasteiger partial charge in [-0.25, -0.2) is 4.98 Å². The van der Waals surface area contributed by atoms with E-state index >= 15 is 0 Å². The topological polar surface area (TPSA) is 60.9 Å². The number of aryl methyl sites for hydroxylation is 1. The van der Waals surface area contributed by atoms with Crippen LogP contribution in [0.4, 0.5) is 0 Å². The molecule has 2 N–H and O–H groups in total. The number of carbonyl (C=O) groups is 1. The van der Waals surface area contributed by atoms with Crippen molar-refractivity contribution in [3.63, 3.8) is 0 Å². The molecule has 27 heavy (non-hydrogen) atoms. The van der Waals surface area contributed by atoms with Gasteiger partial charge in [0.05, 0.1) is 6.33 Å². The van der Waals surface area contributed by atoms with Gasteiger partial charge in [-0.05, 0) is 43.2 Å². The first-order chi connectivity index (χ1) is 13.1. The molecule has 4 nitrogen and oxygen atoms in total. The maximum absolute atomic E-state index is 13.1. The van der Waals surface area contributed by atoms with Crippen LogP contribution in [-0.2, 0) is 10.2 Å². The predicted octanol–water partition coefficient (Wildman–Crippen LogP) is 4.00. The van der Waals surface area contributed by atoms with E-state index in [0.29, 0.717) is 6.04 Å². The first-order valence-electron chi connectivity index (χ1n) is 9.53. The summed E-state index contributed by atoms with van der Waals surface area (Å²) in [5.41, 5.74) is 8.46. The summed E-state index contributed by atoms with van der Waals surface area (Å²) in [7, 11) is 0. The Kier molecular flexibility index (Phi) is 4.56. The van der Waals surface area contributed by atoms with E-state index in [-0.39, 0.29) is 11.8 Å². The van der Waals surface area contributed by atoms with Crippen molar-refractivity contribution < 1.29 is 4.79 Å². The summed E-state index contributed by atoms with van der Waals surface area (Å²) in [6, 6.07) is 20.4. The Morgan fingerprint density at radius 1 is 1.04 bits per heavy atom. The minimum Gasteiger partial charge on any atom is -0.369 e. The van der Waals surface area contributed by atoms with Crippen molar-refractivity contribution in [1.29, 1.82) is 0 Å². The second kappa shape index (κ2) is 7.03. The minimum atomic E-state index is -0.814. The highest BCUT2D eigenvalue weighted by atomic mass is 16.1. The van der Waals surface area contributed by atoms with Gasteiger partial charge in [0.25, 0.3) is 0 Å². The molecule has 0 aliphatic heterocycles. The van der Waals surface area contributed by atoms with E-state index in [2.05, 4.69) is 16.5 Å². The van der Waals surface area contributed by atoms with Gasteiger partial charge >= 0.3 is 0 Å². The number of amides is 1. The average molecular weight is 359 g/mol. The van der Waals surface area contributed by atoms with Crippen LogP contribution < -0.4 is 5.73 Å². The fourth-order valence-corrected chi connectivity index (χ4v) is 4.88. The number of carbonyl (C=O) groups excluding carboxylic acids is 1. The summed E-state index contributed by atoms with van der Waals surface area (Å²) in [5.74, 6) is -0.125. The van der Waals surface area contributed by atoms with E-state index in [1.165, 1.54) is 0 Å². The predicted molar refractivity (Wildman–Crippen MR) is 106 cm³/mol.